The third-order valence-corrected chi connectivity index (χ3v) is 8.61. The highest BCUT2D eigenvalue weighted by Crippen LogP contribution is 2.48. The van der Waals surface area contributed by atoms with Crippen LogP contribution in [0.4, 0.5) is 0 Å². The second kappa shape index (κ2) is 8.55. The summed E-state index contributed by atoms with van der Waals surface area (Å²) in [6, 6.07) is 52.6. The van der Waals surface area contributed by atoms with Crippen LogP contribution in [0.15, 0.2) is 150 Å². The highest BCUT2D eigenvalue weighted by atomic mass is 16.3. The molecule has 0 aliphatic heterocycles. The van der Waals surface area contributed by atoms with Crippen molar-refractivity contribution < 1.29 is 4.42 Å². The van der Waals surface area contributed by atoms with Gasteiger partial charge in [0.05, 0.1) is 0 Å². The molecule has 1 heterocycles. The highest BCUT2D eigenvalue weighted by molar-refractivity contribution is 6.16. The summed E-state index contributed by atoms with van der Waals surface area (Å²) in [5, 5.41) is 4.95. The molecule has 0 atom stereocenters. The first kappa shape index (κ1) is 22.4. The van der Waals surface area contributed by atoms with Crippen LogP contribution in [-0.2, 0) is 0 Å². The van der Waals surface area contributed by atoms with E-state index in [0.717, 1.165) is 21.9 Å². The maximum atomic E-state index is 6.28. The molecule has 0 spiro atoms. The molecule has 1 heteroatoms. The number of furan rings is 1. The Morgan fingerprint density at radius 2 is 0.854 bits per heavy atom. The predicted octanol–water partition coefficient (Wildman–Crippen LogP) is 11.4. The molecule has 0 radical (unpaired) electrons. The van der Waals surface area contributed by atoms with Gasteiger partial charge in [0, 0.05) is 10.8 Å². The summed E-state index contributed by atoms with van der Waals surface area (Å²) in [5.41, 5.74) is 14.4. The maximum absolute atomic E-state index is 6.28. The van der Waals surface area contributed by atoms with Crippen LogP contribution in [0.1, 0.15) is 0 Å². The number of hydrogen-bond donors (Lipinski definition) is 0. The van der Waals surface area contributed by atoms with Crippen molar-refractivity contribution in [2.45, 2.75) is 0 Å². The van der Waals surface area contributed by atoms with Gasteiger partial charge in [0.15, 0.2) is 0 Å². The fourth-order valence-corrected chi connectivity index (χ4v) is 6.62. The van der Waals surface area contributed by atoms with E-state index < -0.39 is 0 Å². The summed E-state index contributed by atoms with van der Waals surface area (Å²) in [6.07, 6.45) is 0. The number of rotatable bonds is 3. The smallest absolute Gasteiger partial charge is 0.135 e. The van der Waals surface area contributed by atoms with E-state index in [4.69, 9.17) is 4.42 Å². The Bertz CT molecular complexity index is 2300. The van der Waals surface area contributed by atoms with Gasteiger partial charge in [-0.05, 0) is 103 Å². The van der Waals surface area contributed by atoms with Crippen molar-refractivity contribution in [1.29, 1.82) is 0 Å². The Hall–Kier alpha value is -5.40. The molecule has 1 aliphatic rings. The number of hydrogen-bond acceptors (Lipinski definition) is 1. The molecular weight excluding hydrogens is 496 g/mol. The zero-order chi connectivity index (χ0) is 26.9. The van der Waals surface area contributed by atoms with Crippen LogP contribution in [0, 0.1) is 0 Å². The molecule has 0 unspecified atom stereocenters. The van der Waals surface area contributed by atoms with Crippen LogP contribution >= 0.6 is 0 Å². The van der Waals surface area contributed by atoms with Gasteiger partial charge in [-0.3, -0.25) is 0 Å². The van der Waals surface area contributed by atoms with E-state index in [9.17, 15) is 0 Å². The molecule has 7 aromatic carbocycles. The van der Waals surface area contributed by atoms with Crippen LogP contribution in [0.5, 0.6) is 0 Å². The van der Waals surface area contributed by atoms with E-state index >= 15 is 0 Å². The third-order valence-electron chi connectivity index (χ3n) is 8.61. The lowest BCUT2D eigenvalue weighted by Gasteiger charge is -2.08. The van der Waals surface area contributed by atoms with E-state index in [1.54, 1.807) is 0 Å². The van der Waals surface area contributed by atoms with Gasteiger partial charge >= 0.3 is 0 Å². The van der Waals surface area contributed by atoms with Crippen molar-refractivity contribution in [1.82, 2.24) is 0 Å². The summed E-state index contributed by atoms with van der Waals surface area (Å²) in [6.45, 7) is 0. The largest absolute Gasteiger partial charge is 0.456 e. The third kappa shape index (κ3) is 3.43. The molecule has 190 valence electrons. The highest BCUT2D eigenvalue weighted by Gasteiger charge is 2.21. The Morgan fingerprint density at radius 1 is 0.317 bits per heavy atom. The molecule has 8 aromatic rings. The van der Waals surface area contributed by atoms with Crippen LogP contribution in [0.25, 0.3) is 88.3 Å². The summed E-state index contributed by atoms with van der Waals surface area (Å²) < 4.78 is 6.28. The van der Waals surface area contributed by atoms with Gasteiger partial charge < -0.3 is 4.42 Å². The van der Waals surface area contributed by atoms with Crippen molar-refractivity contribution in [3.05, 3.63) is 146 Å². The van der Waals surface area contributed by atoms with E-state index in [1.807, 2.05) is 0 Å². The monoisotopic (exact) mass is 520 g/mol. The lowest BCUT2D eigenvalue weighted by atomic mass is 9.96. The van der Waals surface area contributed by atoms with E-state index in [0.29, 0.717) is 0 Å². The van der Waals surface area contributed by atoms with Crippen molar-refractivity contribution in [3.8, 4) is 55.6 Å². The molecule has 1 aliphatic carbocycles. The second-order valence-electron chi connectivity index (χ2n) is 10.9. The van der Waals surface area contributed by atoms with Crippen molar-refractivity contribution in [3.63, 3.8) is 0 Å². The molecule has 41 heavy (non-hydrogen) atoms. The number of fused-ring (bicyclic) bond motifs is 6. The Kier molecular flexibility index (Phi) is 4.67. The predicted molar refractivity (Wildman–Crippen MR) is 172 cm³/mol. The van der Waals surface area contributed by atoms with Crippen LogP contribution in [-0.4, -0.2) is 0 Å². The molecule has 0 bridgehead atoms. The fraction of sp³-hybridized carbons (Fsp3) is 0. The molecule has 0 saturated heterocycles. The zero-order valence-electron chi connectivity index (χ0n) is 22.3. The normalized spacial score (nSPS) is 11.9. The molecule has 1 nitrogen and oxygen atoms in total. The van der Waals surface area contributed by atoms with Crippen LogP contribution < -0.4 is 0 Å². The second-order valence-corrected chi connectivity index (χ2v) is 10.9. The molecule has 0 saturated carbocycles. The van der Waals surface area contributed by atoms with Gasteiger partial charge in [0.1, 0.15) is 11.2 Å². The minimum Gasteiger partial charge on any atom is -0.456 e. The van der Waals surface area contributed by atoms with E-state index in [-0.39, 0.29) is 0 Å². The van der Waals surface area contributed by atoms with Crippen molar-refractivity contribution in [2.24, 2.45) is 0 Å². The first-order valence-corrected chi connectivity index (χ1v) is 14.1. The lowest BCUT2D eigenvalue weighted by Crippen LogP contribution is -1.82. The number of benzene rings is 7. The Balaban J connectivity index is 1.16. The average molecular weight is 521 g/mol. The van der Waals surface area contributed by atoms with Crippen molar-refractivity contribution >= 4 is 32.7 Å². The molecule has 0 fully saturated rings. The van der Waals surface area contributed by atoms with Gasteiger partial charge in [-0.1, -0.05) is 109 Å². The van der Waals surface area contributed by atoms with Crippen LogP contribution in [0.2, 0.25) is 0 Å². The molecule has 0 N–H and O–H groups in total. The van der Waals surface area contributed by atoms with Gasteiger partial charge in [-0.2, -0.15) is 0 Å². The summed E-state index contributed by atoms with van der Waals surface area (Å²) >= 11 is 0. The first-order chi connectivity index (χ1) is 20.3. The SMILES string of the molecule is c1ccc(-c2cccc(-c3ccc4oc5ccc(-c6ccc7c(c6)-c6cccc8cccc-7c68)cc5c4c3)c2)cc1. The zero-order valence-corrected chi connectivity index (χ0v) is 22.3. The first-order valence-electron chi connectivity index (χ1n) is 14.1. The van der Waals surface area contributed by atoms with Crippen molar-refractivity contribution in [2.75, 3.05) is 0 Å². The molecule has 9 rings (SSSR count). The van der Waals surface area contributed by atoms with Gasteiger partial charge in [0.2, 0.25) is 0 Å². The fourth-order valence-electron chi connectivity index (χ4n) is 6.62. The van der Waals surface area contributed by atoms with Gasteiger partial charge in [-0.15, -0.1) is 0 Å². The van der Waals surface area contributed by atoms with Gasteiger partial charge in [0.25, 0.3) is 0 Å². The Morgan fingerprint density at radius 3 is 1.56 bits per heavy atom. The van der Waals surface area contributed by atoms with E-state index in [2.05, 4.69) is 146 Å². The topological polar surface area (TPSA) is 13.1 Å². The molecular formula is C40H24O. The summed E-state index contributed by atoms with van der Waals surface area (Å²) in [7, 11) is 0. The average Bonchev–Trinajstić information content (AvgIpc) is 3.57. The van der Waals surface area contributed by atoms with Gasteiger partial charge in [-0.25, -0.2) is 0 Å². The quantitative estimate of drug-likeness (QED) is 0.226. The summed E-state index contributed by atoms with van der Waals surface area (Å²) in [5.74, 6) is 0. The standard InChI is InChI=1S/C40H24O/c1-2-7-25(8-3-1)27-11-4-12-28(21-27)30-16-19-38-36(23-30)37-24-31(17-20-39(37)41-38)29-15-18-32-33-13-5-9-26-10-6-14-34(40(26)33)35(32)22-29/h1-24H. The summed E-state index contributed by atoms with van der Waals surface area (Å²) in [4.78, 5) is 0. The van der Waals surface area contributed by atoms with Crippen LogP contribution in [0.3, 0.4) is 0 Å². The molecule has 0 amide bonds. The molecule has 1 aromatic heterocycles. The van der Waals surface area contributed by atoms with E-state index in [1.165, 1.54) is 66.4 Å². The maximum Gasteiger partial charge on any atom is 0.135 e. The lowest BCUT2D eigenvalue weighted by molar-refractivity contribution is 0.669. The Labute approximate surface area is 237 Å². The minimum atomic E-state index is 0.913. The minimum absolute atomic E-state index is 0.913.